The number of amides is 1. The van der Waals surface area contributed by atoms with E-state index in [1.807, 2.05) is 19.1 Å². The van der Waals surface area contributed by atoms with Gasteiger partial charge in [-0.15, -0.1) is 0 Å². The number of hydrogen-bond acceptors (Lipinski definition) is 3. The van der Waals surface area contributed by atoms with Gasteiger partial charge in [-0.2, -0.15) is 0 Å². The number of aryl methyl sites for hydroxylation is 2. The number of halogens is 1. The van der Waals surface area contributed by atoms with Crippen molar-refractivity contribution in [1.82, 2.24) is 9.88 Å². The molecule has 1 saturated carbocycles. The molecule has 1 aromatic heterocycles. The molecule has 0 saturated heterocycles. The highest BCUT2D eigenvalue weighted by Crippen LogP contribution is 2.44. The number of aliphatic hydroxyl groups excluding tert-OH is 1. The molecule has 162 valence electrons. The first-order valence-electron chi connectivity index (χ1n) is 10.3. The van der Waals surface area contributed by atoms with Gasteiger partial charge in [0, 0.05) is 12.4 Å². The Labute approximate surface area is 185 Å². The summed E-state index contributed by atoms with van der Waals surface area (Å²) >= 11 is 6.34. The molecule has 2 aromatic carbocycles. The molecule has 31 heavy (non-hydrogen) atoms. The predicted octanol–water partition coefficient (Wildman–Crippen LogP) is 4.11. The molecular formula is C24H25ClN2O4. The van der Waals surface area contributed by atoms with Crippen LogP contribution in [0.1, 0.15) is 52.5 Å². The molecule has 0 aliphatic heterocycles. The predicted molar refractivity (Wildman–Crippen MR) is 120 cm³/mol. The second kappa shape index (κ2) is 8.02. The van der Waals surface area contributed by atoms with Gasteiger partial charge in [0.1, 0.15) is 5.69 Å². The summed E-state index contributed by atoms with van der Waals surface area (Å²) in [5, 5.41) is 23.8. The van der Waals surface area contributed by atoms with Crippen LogP contribution in [-0.4, -0.2) is 33.3 Å². The van der Waals surface area contributed by atoms with Gasteiger partial charge in [-0.25, -0.2) is 0 Å². The summed E-state index contributed by atoms with van der Waals surface area (Å²) in [6.07, 6.45) is 2.16. The molecule has 0 bridgehead atoms. The smallest absolute Gasteiger partial charge is 0.314 e. The number of fused-ring (bicyclic) bond motifs is 1. The molecule has 1 aliphatic rings. The van der Waals surface area contributed by atoms with Crippen LogP contribution in [0.5, 0.6) is 0 Å². The molecule has 3 aromatic rings. The molecule has 1 heterocycles. The quantitative estimate of drug-likeness (QED) is 0.538. The van der Waals surface area contributed by atoms with E-state index in [-0.39, 0.29) is 12.5 Å². The molecule has 0 spiro atoms. The van der Waals surface area contributed by atoms with Crippen LogP contribution in [0.2, 0.25) is 5.02 Å². The first-order valence-corrected chi connectivity index (χ1v) is 10.7. The molecule has 3 N–H and O–H groups in total. The van der Waals surface area contributed by atoms with Crippen molar-refractivity contribution < 1.29 is 19.8 Å². The maximum absolute atomic E-state index is 13.0. The highest BCUT2D eigenvalue weighted by atomic mass is 35.5. The van der Waals surface area contributed by atoms with Crippen LogP contribution in [0.15, 0.2) is 42.5 Å². The Morgan fingerprint density at radius 1 is 1.19 bits per heavy atom. The second-order valence-corrected chi connectivity index (χ2v) is 8.75. The topological polar surface area (TPSA) is 91.6 Å². The van der Waals surface area contributed by atoms with Crippen molar-refractivity contribution in [3.8, 4) is 0 Å². The minimum Gasteiger partial charge on any atom is -0.481 e. The number of aromatic nitrogens is 1. The van der Waals surface area contributed by atoms with Gasteiger partial charge in [-0.1, -0.05) is 42.3 Å². The van der Waals surface area contributed by atoms with Gasteiger partial charge in [0.2, 0.25) is 0 Å². The lowest BCUT2D eigenvalue weighted by Gasteiger charge is -2.38. The largest absolute Gasteiger partial charge is 0.481 e. The number of hydrogen-bond donors (Lipinski definition) is 3. The van der Waals surface area contributed by atoms with E-state index in [1.54, 1.807) is 41.9 Å². The van der Waals surface area contributed by atoms with Gasteiger partial charge in [0.25, 0.3) is 5.91 Å². The maximum atomic E-state index is 13.0. The molecule has 4 rings (SSSR count). The van der Waals surface area contributed by atoms with Crippen molar-refractivity contribution >= 4 is 34.4 Å². The summed E-state index contributed by atoms with van der Waals surface area (Å²) in [5.41, 5.74) is 2.97. The second-order valence-electron chi connectivity index (χ2n) is 8.34. The lowest BCUT2D eigenvalue weighted by Crippen LogP contribution is -2.42. The average molecular weight is 441 g/mol. The standard InChI is InChI=1S/C24H25ClN2O4/c1-14-10-18(25)17-12-21(27(2)20(17)11-14)22(29)26-19(13-28)15-4-6-16(7-5-15)24(23(30)31)8-3-9-24/h4-7,10-12,19,28H,3,8-9,13H2,1-2H3,(H,26,29)(H,30,31)/t19-/m1/s1. The monoisotopic (exact) mass is 440 g/mol. The van der Waals surface area contributed by atoms with Gasteiger partial charge in [-0.3, -0.25) is 9.59 Å². The van der Waals surface area contributed by atoms with Gasteiger partial charge in [0.05, 0.1) is 28.6 Å². The zero-order chi connectivity index (χ0) is 22.3. The number of carbonyl (C=O) groups is 2. The molecule has 1 amide bonds. The summed E-state index contributed by atoms with van der Waals surface area (Å²) in [4.78, 5) is 24.7. The van der Waals surface area contributed by atoms with E-state index in [4.69, 9.17) is 11.6 Å². The van der Waals surface area contributed by atoms with Crippen molar-refractivity contribution in [2.24, 2.45) is 7.05 Å². The number of nitrogens with zero attached hydrogens (tertiary/aromatic N) is 1. The van der Waals surface area contributed by atoms with Crippen LogP contribution >= 0.6 is 11.6 Å². The van der Waals surface area contributed by atoms with Crippen molar-refractivity contribution in [2.75, 3.05) is 6.61 Å². The van der Waals surface area contributed by atoms with E-state index in [0.717, 1.165) is 28.5 Å². The first kappa shape index (κ1) is 21.4. The molecule has 1 fully saturated rings. The zero-order valence-electron chi connectivity index (χ0n) is 17.5. The maximum Gasteiger partial charge on any atom is 0.314 e. The molecule has 0 unspecified atom stereocenters. The summed E-state index contributed by atoms with van der Waals surface area (Å²) in [6.45, 7) is 1.67. The molecule has 0 radical (unpaired) electrons. The Morgan fingerprint density at radius 3 is 2.42 bits per heavy atom. The van der Waals surface area contributed by atoms with E-state index >= 15 is 0 Å². The zero-order valence-corrected chi connectivity index (χ0v) is 18.2. The first-order chi connectivity index (χ1) is 14.8. The fourth-order valence-electron chi connectivity index (χ4n) is 4.39. The van der Waals surface area contributed by atoms with Crippen molar-refractivity contribution in [1.29, 1.82) is 0 Å². The number of aliphatic carboxylic acids is 1. The van der Waals surface area contributed by atoms with Crippen LogP contribution < -0.4 is 5.32 Å². The van der Waals surface area contributed by atoms with Crippen LogP contribution in [0, 0.1) is 6.92 Å². The number of carbonyl (C=O) groups excluding carboxylic acids is 1. The van der Waals surface area contributed by atoms with E-state index in [1.165, 1.54) is 0 Å². The Kier molecular flexibility index (Phi) is 5.54. The number of carboxylic acid groups (broad SMARTS) is 1. The van der Waals surface area contributed by atoms with Gasteiger partial charge < -0.3 is 20.1 Å². The molecule has 6 nitrogen and oxygen atoms in total. The van der Waals surface area contributed by atoms with Gasteiger partial charge >= 0.3 is 5.97 Å². The number of aliphatic hydroxyl groups is 1. The minimum atomic E-state index is -0.808. The van der Waals surface area contributed by atoms with Crippen LogP contribution in [0.25, 0.3) is 10.9 Å². The average Bonchev–Trinajstić information content (AvgIpc) is 3.02. The Morgan fingerprint density at radius 2 is 1.87 bits per heavy atom. The highest BCUT2D eigenvalue weighted by molar-refractivity contribution is 6.35. The summed E-state index contributed by atoms with van der Waals surface area (Å²) in [7, 11) is 1.81. The Balaban J connectivity index is 1.58. The van der Waals surface area contributed by atoms with Crippen molar-refractivity contribution in [3.63, 3.8) is 0 Å². The van der Waals surface area contributed by atoms with E-state index < -0.39 is 17.4 Å². The van der Waals surface area contributed by atoms with Crippen molar-refractivity contribution in [3.05, 3.63) is 69.9 Å². The summed E-state index contributed by atoms with van der Waals surface area (Å²) in [6, 6.07) is 12.1. The molecule has 7 heteroatoms. The third-order valence-electron chi connectivity index (χ3n) is 6.46. The summed E-state index contributed by atoms with van der Waals surface area (Å²) in [5.74, 6) is -1.13. The van der Waals surface area contributed by atoms with Crippen LogP contribution in [-0.2, 0) is 17.3 Å². The molecule has 1 aliphatic carbocycles. The van der Waals surface area contributed by atoms with Gasteiger partial charge in [0.15, 0.2) is 0 Å². The van der Waals surface area contributed by atoms with E-state index in [9.17, 15) is 19.8 Å². The lowest BCUT2D eigenvalue weighted by molar-refractivity contribution is -0.147. The third-order valence-corrected chi connectivity index (χ3v) is 6.77. The van der Waals surface area contributed by atoms with Crippen LogP contribution in [0.3, 0.4) is 0 Å². The van der Waals surface area contributed by atoms with Crippen LogP contribution in [0.4, 0.5) is 0 Å². The fraction of sp³-hybridized carbons (Fsp3) is 0.333. The van der Waals surface area contributed by atoms with Crippen molar-refractivity contribution in [2.45, 2.75) is 37.6 Å². The van der Waals surface area contributed by atoms with E-state index in [0.29, 0.717) is 29.1 Å². The molecular weight excluding hydrogens is 416 g/mol. The Bertz CT molecular complexity index is 1160. The number of rotatable bonds is 6. The highest BCUT2D eigenvalue weighted by Gasteiger charge is 2.45. The molecule has 1 atom stereocenters. The SMILES string of the molecule is Cc1cc(Cl)c2cc(C(=O)N[C@H](CO)c3ccc(C4(C(=O)O)CCC4)cc3)n(C)c2c1. The third kappa shape index (κ3) is 3.60. The lowest BCUT2D eigenvalue weighted by atomic mass is 9.64. The fourth-order valence-corrected chi connectivity index (χ4v) is 4.72. The minimum absolute atomic E-state index is 0.279. The number of nitrogens with one attached hydrogen (secondary N) is 1. The normalized spacial score (nSPS) is 16.0. The van der Waals surface area contributed by atoms with Gasteiger partial charge in [-0.05, 0) is 54.7 Å². The van der Waals surface area contributed by atoms with E-state index in [2.05, 4.69) is 5.32 Å². The number of benzene rings is 2. The Hall–Kier alpha value is -2.83. The number of carboxylic acids is 1. The summed E-state index contributed by atoms with van der Waals surface area (Å²) < 4.78 is 1.79.